The standard InChI is InChI=1S/C26H23N5O4S/c1-28-36(34,35)24-10-3-2-6-19(24)17-11-13-18(14-12-17)31-26(32)21-8-5-15-29-25(21)20-7-4-9-23(27)22(20)16-30-33/h2-16,28,33H,27H2,1H3,(H,31,32). The van der Waals surface area contributed by atoms with Crippen LogP contribution >= 0.6 is 0 Å². The van der Waals surface area contributed by atoms with Gasteiger partial charge in [-0.05, 0) is 49.0 Å². The van der Waals surface area contributed by atoms with E-state index in [4.69, 9.17) is 10.9 Å². The topological polar surface area (TPSA) is 147 Å². The number of nitrogens with zero attached hydrogens (tertiary/aromatic N) is 2. The molecule has 0 bridgehead atoms. The Hall–Kier alpha value is -4.54. The third-order valence-corrected chi connectivity index (χ3v) is 7.01. The summed E-state index contributed by atoms with van der Waals surface area (Å²) in [6, 6.07) is 21.9. The van der Waals surface area contributed by atoms with Gasteiger partial charge in [0.15, 0.2) is 0 Å². The second-order valence-electron chi connectivity index (χ2n) is 7.69. The van der Waals surface area contributed by atoms with Gasteiger partial charge in [-0.25, -0.2) is 13.1 Å². The van der Waals surface area contributed by atoms with Crippen molar-refractivity contribution in [3.63, 3.8) is 0 Å². The summed E-state index contributed by atoms with van der Waals surface area (Å²) in [5, 5.41) is 15.0. The lowest BCUT2D eigenvalue weighted by atomic mass is 9.99. The SMILES string of the molecule is CNS(=O)(=O)c1ccccc1-c1ccc(NC(=O)c2cccnc2-c2cccc(N)c2C=NO)cc1. The minimum atomic E-state index is -3.64. The van der Waals surface area contributed by atoms with Gasteiger partial charge in [0.05, 0.1) is 22.4 Å². The third-order valence-electron chi connectivity index (χ3n) is 5.53. The lowest BCUT2D eigenvalue weighted by Gasteiger charge is -2.13. The summed E-state index contributed by atoms with van der Waals surface area (Å²) in [7, 11) is -2.28. The Bertz CT molecular complexity index is 1550. The molecule has 10 heteroatoms. The van der Waals surface area contributed by atoms with Crippen molar-refractivity contribution in [3.8, 4) is 22.4 Å². The summed E-state index contributed by atoms with van der Waals surface area (Å²) in [6.07, 6.45) is 2.76. The lowest BCUT2D eigenvalue weighted by Crippen LogP contribution is -2.19. The zero-order chi connectivity index (χ0) is 25.7. The maximum atomic E-state index is 13.2. The molecular formula is C26H23N5O4S. The van der Waals surface area contributed by atoms with Crippen molar-refractivity contribution in [1.29, 1.82) is 0 Å². The first-order valence-electron chi connectivity index (χ1n) is 10.8. The van der Waals surface area contributed by atoms with Gasteiger partial charge in [0.2, 0.25) is 10.0 Å². The van der Waals surface area contributed by atoms with Crippen molar-refractivity contribution in [2.24, 2.45) is 5.16 Å². The summed E-state index contributed by atoms with van der Waals surface area (Å²) < 4.78 is 27.1. The highest BCUT2D eigenvalue weighted by molar-refractivity contribution is 7.89. The number of hydrogen-bond donors (Lipinski definition) is 4. The number of nitrogen functional groups attached to an aromatic ring is 1. The molecule has 0 aliphatic rings. The van der Waals surface area contributed by atoms with E-state index < -0.39 is 15.9 Å². The quantitative estimate of drug-likeness (QED) is 0.130. The van der Waals surface area contributed by atoms with E-state index in [1.807, 2.05) is 0 Å². The predicted octanol–water partition coefficient (Wildman–Crippen LogP) is 3.97. The molecule has 0 aliphatic heterocycles. The molecule has 4 aromatic rings. The fourth-order valence-electron chi connectivity index (χ4n) is 3.78. The number of sulfonamides is 1. The Kier molecular flexibility index (Phi) is 7.09. The molecule has 4 rings (SSSR count). The van der Waals surface area contributed by atoms with Crippen LogP contribution in [0, 0.1) is 0 Å². The molecule has 0 atom stereocenters. The van der Waals surface area contributed by atoms with Crippen molar-refractivity contribution in [2.45, 2.75) is 4.90 Å². The fourth-order valence-corrected chi connectivity index (χ4v) is 4.73. The maximum absolute atomic E-state index is 13.2. The zero-order valence-corrected chi connectivity index (χ0v) is 20.0. The van der Waals surface area contributed by atoms with E-state index in [9.17, 15) is 13.2 Å². The van der Waals surface area contributed by atoms with E-state index in [1.54, 1.807) is 79.0 Å². The maximum Gasteiger partial charge on any atom is 0.257 e. The molecule has 182 valence electrons. The van der Waals surface area contributed by atoms with E-state index in [2.05, 4.69) is 20.2 Å². The van der Waals surface area contributed by atoms with Gasteiger partial charge < -0.3 is 16.3 Å². The number of oxime groups is 1. The Morgan fingerprint density at radius 3 is 2.42 bits per heavy atom. The molecule has 0 aliphatic carbocycles. The molecule has 9 nitrogen and oxygen atoms in total. The fraction of sp³-hybridized carbons (Fsp3) is 0.0385. The van der Waals surface area contributed by atoms with Gasteiger partial charge in [-0.15, -0.1) is 0 Å². The Morgan fingerprint density at radius 2 is 1.69 bits per heavy atom. The van der Waals surface area contributed by atoms with Gasteiger partial charge in [0.25, 0.3) is 5.91 Å². The molecule has 1 aromatic heterocycles. The molecule has 0 saturated heterocycles. The number of carbonyl (C=O) groups is 1. The van der Waals surface area contributed by atoms with E-state index in [0.717, 1.165) is 0 Å². The van der Waals surface area contributed by atoms with Crippen LogP contribution in [-0.2, 0) is 10.0 Å². The molecule has 0 saturated carbocycles. The number of amides is 1. The van der Waals surface area contributed by atoms with Crippen molar-refractivity contribution >= 4 is 33.5 Å². The van der Waals surface area contributed by atoms with Crippen LogP contribution in [0.5, 0.6) is 0 Å². The summed E-state index contributed by atoms with van der Waals surface area (Å²) >= 11 is 0. The molecule has 0 spiro atoms. The highest BCUT2D eigenvalue weighted by Gasteiger charge is 2.19. The number of carbonyl (C=O) groups excluding carboxylic acids is 1. The number of nitrogens with two attached hydrogens (primary N) is 1. The summed E-state index contributed by atoms with van der Waals surface area (Å²) in [6.45, 7) is 0. The van der Waals surface area contributed by atoms with E-state index in [-0.39, 0.29) is 4.90 Å². The van der Waals surface area contributed by atoms with Crippen LogP contribution in [0.1, 0.15) is 15.9 Å². The molecule has 3 aromatic carbocycles. The van der Waals surface area contributed by atoms with Crippen LogP contribution in [0.4, 0.5) is 11.4 Å². The number of hydrogen-bond acceptors (Lipinski definition) is 7. The number of aromatic nitrogens is 1. The number of nitrogens with one attached hydrogen (secondary N) is 2. The van der Waals surface area contributed by atoms with E-state index in [0.29, 0.717) is 44.9 Å². The first-order valence-corrected chi connectivity index (χ1v) is 12.3. The molecule has 36 heavy (non-hydrogen) atoms. The average molecular weight is 502 g/mol. The van der Waals surface area contributed by atoms with Crippen LogP contribution in [0.3, 0.4) is 0 Å². The first-order chi connectivity index (χ1) is 17.4. The molecule has 1 heterocycles. The second kappa shape index (κ2) is 10.4. The van der Waals surface area contributed by atoms with Gasteiger partial charge in [-0.3, -0.25) is 9.78 Å². The Labute approximate surface area is 208 Å². The van der Waals surface area contributed by atoms with E-state index >= 15 is 0 Å². The van der Waals surface area contributed by atoms with Crippen LogP contribution in [0.2, 0.25) is 0 Å². The number of benzene rings is 3. The minimum Gasteiger partial charge on any atom is -0.411 e. The Morgan fingerprint density at radius 1 is 0.972 bits per heavy atom. The number of pyridine rings is 1. The van der Waals surface area contributed by atoms with Crippen molar-refractivity contribution < 1.29 is 18.4 Å². The van der Waals surface area contributed by atoms with Gasteiger partial charge in [0, 0.05) is 34.3 Å². The number of rotatable bonds is 7. The highest BCUT2D eigenvalue weighted by atomic mass is 32.2. The van der Waals surface area contributed by atoms with Crippen LogP contribution in [0.25, 0.3) is 22.4 Å². The predicted molar refractivity (Wildman–Crippen MR) is 140 cm³/mol. The van der Waals surface area contributed by atoms with Crippen molar-refractivity contribution in [2.75, 3.05) is 18.1 Å². The zero-order valence-electron chi connectivity index (χ0n) is 19.2. The molecule has 0 radical (unpaired) electrons. The second-order valence-corrected chi connectivity index (χ2v) is 9.54. The van der Waals surface area contributed by atoms with Crippen molar-refractivity contribution in [3.05, 3.63) is 96.2 Å². The van der Waals surface area contributed by atoms with Crippen LogP contribution in [-0.4, -0.2) is 37.8 Å². The van der Waals surface area contributed by atoms with Gasteiger partial charge in [-0.1, -0.05) is 47.6 Å². The van der Waals surface area contributed by atoms with Crippen molar-refractivity contribution in [1.82, 2.24) is 9.71 Å². The third kappa shape index (κ3) is 4.95. The largest absolute Gasteiger partial charge is 0.411 e. The molecular weight excluding hydrogens is 478 g/mol. The van der Waals surface area contributed by atoms with Gasteiger partial charge >= 0.3 is 0 Å². The first kappa shape index (κ1) is 24.6. The molecule has 5 N–H and O–H groups in total. The van der Waals surface area contributed by atoms with E-state index in [1.165, 1.54) is 19.3 Å². The van der Waals surface area contributed by atoms with Gasteiger partial charge in [-0.2, -0.15) is 0 Å². The average Bonchev–Trinajstić information content (AvgIpc) is 2.90. The summed E-state index contributed by atoms with van der Waals surface area (Å²) in [5.41, 5.74) is 9.78. The van der Waals surface area contributed by atoms with Crippen LogP contribution < -0.4 is 15.8 Å². The minimum absolute atomic E-state index is 0.161. The normalized spacial score (nSPS) is 11.5. The smallest absolute Gasteiger partial charge is 0.257 e. The molecule has 0 unspecified atom stereocenters. The lowest BCUT2D eigenvalue weighted by molar-refractivity contribution is 0.102. The number of anilines is 2. The van der Waals surface area contributed by atoms with Gasteiger partial charge in [0.1, 0.15) is 0 Å². The summed E-state index contributed by atoms with van der Waals surface area (Å²) in [4.78, 5) is 17.7. The highest BCUT2D eigenvalue weighted by Crippen LogP contribution is 2.30. The monoisotopic (exact) mass is 501 g/mol. The summed E-state index contributed by atoms with van der Waals surface area (Å²) in [5.74, 6) is -0.404. The molecule has 0 fully saturated rings. The molecule has 1 amide bonds. The van der Waals surface area contributed by atoms with Crippen LogP contribution in [0.15, 0.2) is 95.1 Å². The Balaban J connectivity index is 1.64.